The molecule has 0 fully saturated rings. The monoisotopic (exact) mass is 156 g/mol. The molecule has 0 aromatic heterocycles. The van der Waals surface area contributed by atoms with Crippen molar-refractivity contribution in [2.75, 3.05) is 13.1 Å². The summed E-state index contributed by atoms with van der Waals surface area (Å²) in [6.45, 7) is 6.56. The van der Waals surface area contributed by atoms with Crippen LogP contribution in [0.3, 0.4) is 0 Å². The lowest BCUT2D eigenvalue weighted by molar-refractivity contribution is -0.127. The van der Waals surface area contributed by atoms with Gasteiger partial charge in [0.15, 0.2) is 0 Å². The lowest BCUT2D eigenvalue weighted by Crippen LogP contribution is -2.33. The highest BCUT2D eigenvalue weighted by atomic mass is 16.2. The minimum atomic E-state index is 0.0469. The van der Waals surface area contributed by atoms with Gasteiger partial charge in [0, 0.05) is 19.2 Å². The molecule has 0 unspecified atom stereocenters. The zero-order chi connectivity index (χ0) is 8.85. The number of amides is 1. The van der Waals surface area contributed by atoms with Crippen molar-refractivity contribution < 1.29 is 4.79 Å². The van der Waals surface area contributed by atoms with Gasteiger partial charge in [-0.25, -0.2) is 0 Å². The molecule has 0 atom stereocenters. The van der Waals surface area contributed by atoms with Gasteiger partial charge in [-0.2, -0.15) is 0 Å². The number of nitrogens with one attached hydrogen (secondary N) is 1. The highest BCUT2D eigenvalue weighted by Gasteiger charge is 2.06. The van der Waals surface area contributed by atoms with Crippen molar-refractivity contribution >= 4 is 11.6 Å². The van der Waals surface area contributed by atoms with Crippen LogP contribution in [0.5, 0.6) is 0 Å². The minimum absolute atomic E-state index is 0.0469. The van der Waals surface area contributed by atoms with E-state index in [0.717, 1.165) is 6.42 Å². The minimum Gasteiger partial charge on any atom is -0.338 e. The normalized spacial score (nSPS) is 9.36. The average molecular weight is 156 g/mol. The molecule has 3 nitrogen and oxygen atoms in total. The Morgan fingerprint density at radius 1 is 1.45 bits per heavy atom. The maximum Gasteiger partial charge on any atom is 0.219 e. The van der Waals surface area contributed by atoms with E-state index in [1.807, 2.05) is 13.8 Å². The van der Waals surface area contributed by atoms with Crippen LogP contribution < -0.4 is 0 Å². The van der Waals surface area contributed by atoms with Gasteiger partial charge in [-0.1, -0.05) is 6.92 Å². The van der Waals surface area contributed by atoms with Gasteiger partial charge in [0.25, 0.3) is 0 Å². The molecular weight excluding hydrogens is 140 g/mol. The summed E-state index contributed by atoms with van der Waals surface area (Å²) >= 11 is 0. The van der Waals surface area contributed by atoms with E-state index in [1.54, 1.807) is 4.90 Å². The molecule has 0 saturated carbocycles. The fraction of sp³-hybridized carbons (Fsp3) is 0.750. The molecule has 3 heteroatoms. The third-order valence-electron chi connectivity index (χ3n) is 1.64. The smallest absolute Gasteiger partial charge is 0.219 e. The first-order valence-electron chi connectivity index (χ1n) is 3.93. The van der Waals surface area contributed by atoms with Gasteiger partial charge >= 0.3 is 0 Å². The van der Waals surface area contributed by atoms with Crippen LogP contribution >= 0.6 is 0 Å². The van der Waals surface area contributed by atoms with E-state index in [2.05, 4.69) is 0 Å². The predicted octanol–water partition coefficient (Wildman–Crippen LogP) is 1.28. The van der Waals surface area contributed by atoms with Crippen LogP contribution in [-0.4, -0.2) is 29.6 Å². The van der Waals surface area contributed by atoms with Crippen molar-refractivity contribution in [3.63, 3.8) is 0 Å². The molecule has 0 rings (SSSR count). The van der Waals surface area contributed by atoms with Crippen molar-refractivity contribution in [3.05, 3.63) is 0 Å². The molecule has 0 bridgehead atoms. The summed E-state index contributed by atoms with van der Waals surface area (Å²) in [7, 11) is 0. The number of carbonyl (C=O) groups excluding carboxylic acids is 1. The second-order valence-electron chi connectivity index (χ2n) is 2.49. The maximum atomic E-state index is 10.9. The van der Waals surface area contributed by atoms with Gasteiger partial charge in [0.1, 0.15) is 0 Å². The second kappa shape index (κ2) is 4.88. The van der Waals surface area contributed by atoms with Crippen LogP contribution in [0.1, 0.15) is 27.2 Å². The van der Waals surface area contributed by atoms with E-state index in [0.29, 0.717) is 18.8 Å². The van der Waals surface area contributed by atoms with E-state index < -0.39 is 0 Å². The Labute approximate surface area is 67.9 Å². The molecule has 0 spiro atoms. The first-order valence-corrected chi connectivity index (χ1v) is 3.93. The Bertz CT molecular complexity index is 154. The molecule has 0 aliphatic rings. The van der Waals surface area contributed by atoms with Gasteiger partial charge in [-0.3, -0.25) is 4.79 Å². The van der Waals surface area contributed by atoms with Gasteiger partial charge in [0.2, 0.25) is 5.91 Å². The summed E-state index contributed by atoms with van der Waals surface area (Å²) in [6.07, 6.45) is 0.726. The van der Waals surface area contributed by atoms with E-state index >= 15 is 0 Å². The van der Waals surface area contributed by atoms with Gasteiger partial charge in [-0.05, 0) is 13.3 Å². The topological polar surface area (TPSA) is 44.2 Å². The van der Waals surface area contributed by atoms with Crippen molar-refractivity contribution in [1.29, 1.82) is 5.41 Å². The van der Waals surface area contributed by atoms with E-state index in [1.165, 1.54) is 6.92 Å². The van der Waals surface area contributed by atoms with Crippen LogP contribution in [0.15, 0.2) is 0 Å². The zero-order valence-corrected chi connectivity index (χ0v) is 7.48. The molecule has 0 heterocycles. The third kappa shape index (κ3) is 3.75. The van der Waals surface area contributed by atoms with Crippen molar-refractivity contribution in [2.24, 2.45) is 0 Å². The summed E-state index contributed by atoms with van der Waals surface area (Å²) in [5.41, 5.74) is 0.613. The molecule has 64 valence electrons. The largest absolute Gasteiger partial charge is 0.338 e. The van der Waals surface area contributed by atoms with Gasteiger partial charge < -0.3 is 10.3 Å². The Morgan fingerprint density at radius 3 is 2.27 bits per heavy atom. The number of hydrogen-bond acceptors (Lipinski definition) is 2. The lowest BCUT2D eigenvalue weighted by Gasteiger charge is -2.18. The molecule has 0 aliphatic carbocycles. The van der Waals surface area contributed by atoms with Crippen molar-refractivity contribution in [2.45, 2.75) is 27.2 Å². The van der Waals surface area contributed by atoms with Crippen LogP contribution in [-0.2, 0) is 4.79 Å². The van der Waals surface area contributed by atoms with Gasteiger partial charge in [-0.15, -0.1) is 0 Å². The van der Waals surface area contributed by atoms with Crippen molar-refractivity contribution in [3.8, 4) is 0 Å². The Kier molecular flexibility index (Phi) is 4.50. The second-order valence-corrected chi connectivity index (χ2v) is 2.49. The summed E-state index contributed by atoms with van der Waals surface area (Å²) < 4.78 is 0. The average Bonchev–Trinajstić information content (AvgIpc) is 1.99. The quantitative estimate of drug-likeness (QED) is 0.612. The SMILES string of the molecule is CCC(=N)CN(CC)C(C)=O. The molecule has 0 aromatic carbocycles. The molecular formula is C8H16N2O. The first kappa shape index (κ1) is 10.1. The fourth-order valence-electron chi connectivity index (χ4n) is 0.788. The Morgan fingerprint density at radius 2 is 2.00 bits per heavy atom. The van der Waals surface area contributed by atoms with Crippen LogP contribution in [0, 0.1) is 5.41 Å². The summed E-state index contributed by atoms with van der Waals surface area (Å²) in [5, 5.41) is 7.37. The first-order chi connectivity index (χ1) is 5.11. The van der Waals surface area contributed by atoms with Gasteiger partial charge in [0.05, 0.1) is 6.54 Å². The highest BCUT2D eigenvalue weighted by molar-refractivity contribution is 5.86. The fourth-order valence-corrected chi connectivity index (χ4v) is 0.788. The molecule has 0 radical (unpaired) electrons. The summed E-state index contributed by atoms with van der Waals surface area (Å²) in [4.78, 5) is 12.5. The maximum absolute atomic E-state index is 10.9. The third-order valence-corrected chi connectivity index (χ3v) is 1.64. The predicted molar refractivity (Wildman–Crippen MR) is 45.9 cm³/mol. The summed E-state index contributed by atoms with van der Waals surface area (Å²) in [5.74, 6) is 0.0469. The molecule has 1 amide bonds. The number of carbonyl (C=O) groups is 1. The van der Waals surface area contributed by atoms with Crippen LogP contribution in [0.2, 0.25) is 0 Å². The van der Waals surface area contributed by atoms with E-state index in [-0.39, 0.29) is 5.91 Å². The highest BCUT2D eigenvalue weighted by Crippen LogP contribution is 1.91. The lowest BCUT2D eigenvalue weighted by atomic mass is 10.3. The van der Waals surface area contributed by atoms with E-state index in [4.69, 9.17) is 5.41 Å². The molecule has 0 aromatic rings. The van der Waals surface area contributed by atoms with E-state index in [9.17, 15) is 4.79 Å². The van der Waals surface area contributed by atoms with Crippen molar-refractivity contribution in [1.82, 2.24) is 4.90 Å². The molecule has 0 aliphatic heterocycles. The standard InChI is InChI=1S/C8H16N2O/c1-4-8(9)6-10(5-2)7(3)11/h9H,4-6H2,1-3H3. The number of hydrogen-bond donors (Lipinski definition) is 1. The van der Waals surface area contributed by atoms with Crippen LogP contribution in [0.4, 0.5) is 0 Å². The number of rotatable bonds is 4. The zero-order valence-electron chi connectivity index (χ0n) is 7.48. The Hall–Kier alpha value is -0.860. The molecule has 1 N–H and O–H groups in total. The summed E-state index contributed by atoms with van der Waals surface area (Å²) in [6, 6.07) is 0. The Balaban J connectivity index is 3.88. The number of nitrogens with zero attached hydrogens (tertiary/aromatic N) is 1. The van der Waals surface area contributed by atoms with Crippen LogP contribution in [0.25, 0.3) is 0 Å². The molecule has 11 heavy (non-hydrogen) atoms. The molecule has 0 saturated heterocycles.